The quantitative estimate of drug-likeness (QED) is 0.160. The van der Waals surface area contributed by atoms with E-state index in [-0.39, 0.29) is 35.2 Å². The van der Waals surface area contributed by atoms with Crippen molar-refractivity contribution in [3.8, 4) is 5.75 Å². The molecule has 0 aliphatic heterocycles. The summed E-state index contributed by atoms with van der Waals surface area (Å²) in [6.07, 6.45) is 0.855. The Kier molecular flexibility index (Phi) is 12.1. The molecular weight excluding hydrogens is 645 g/mol. The van der Waals surface area contributed by atoms with Gasteiger partial charge >= 0.3 is 0 Å². The molecule has 0 unspecified atom stereocenters. The summed E-state index contributed by atoms with van der Waals surface area (Å²) in [5.41, 5.74) is 2.20. The summed E-state index contributed by atoms with van der Waals surface area (Å²) in [5, 5.41) is 3.54. The summed E-state index contributed by atoms with van der Waals surface area (Å²) in [6.45, 7) is 3.37. The Balaban J connectivity index is 1.87. The molecule has 0 aliphatic rings. The first kappa shape index (κ1) is 34.8. The van der Waals surface area contributed by atoms with Crippen molar-refractivity contribution in [3.05, 3.63) is 124 Å². The first-order chi connectivity index (χ1) is 22.1. The fourth-order valence-electron chi connectivity index (χ4n) is 5.00. The van der Waals surface area contributed by atoms with E-state index in [1.165, 1.54) is 24.1 Å². The van der Waals surface area contributed by atoms with Gasteiger partial charge in [0, 0.05) is 35.1 Å². The van der Waals surface area contributed by atoms with E-state index < -0.39 is 28.5 Å². The Hall–Kier alpha value is -4.05. The summed E-state index contributed by atoms with van der Waals surface area (Å²) in [7, 11) is -2.85. The minimum Gasteiger partial charge on any atom is -0.495 e. The summed E-state index contributed by atoms with van der Waals surface area (Å²) in [4.78, 5) is 29.8. The van der Waals surface area contributed by atoms with Crippen molar-refractivity contribution >= 4 is 50.7 Å². The van der Waals surface area contributed by atoms with Crippen LogP contribution in [0.25, 0.3) is 0 Å². The number of amides is 2. The molecule has 0 aromatic heterocycles. The van der Waals surface area contributed by atoms with Gasteiger partial charge in [-0.05, 0) is 60.9 Å². The number of carbonyl (C=O) groups excluding carboxylic acids is 2. The molecule has 0 heterocycles. The molecule has 0 saturated heterocycles. The van der Waals surface area contributed by atoms with Gasteiger partial charge in [-0.15, -0.1) is 0 Å². The number of anilines is 1. The zero-order valence-corrected chi connectivity index (χ0v) is 28.3. The van der Waals surface area contributed by atoms with Gasteiger partial charge in [0.2, 0.25) is 11.8 Å². The maximum Gasteiger partial charge on any atom is 0.264 e. The maximum absolute atomic E-state index is 14.6. The van der Waals surface area contributed by atoms with Crippen molar-refractivity contribution in [2.45, 2.75) is 44.2 Å². The van der Waals surface area contributed by atoms with E-state index in [1.54, 1.807) is 54.6 Å². The number of nitrogens with one attached hydrogen (secondary N) is 1. The van der Waals surface area contributed by atoms with E-state index in [2.05, 4.69) is 5.32 Å². The lowest BCUT2D eigenvalue weighted by Gasteiger charge is -2.34. The smallest absolute Gasteiger partial charge is 0.264 e. The van der Waals surface area contributed by atoms with E-state index >= 15 is 0 Å². The van der Waals surface area contributed by atoms with Crippen molar-refractivity contribution in [1.82, 2.24) is 10.2 Å². The van der Waals surface area contributed by atoms with Crippen molar-refractivity contribution in [1.29, 1.82) is 0 Å². The van der Waals surface area contributed by atoms with E-state index in [4.69, 9.17) is 27.9 Å². The SMILES string of the molecule is CCCNC(=O)[C@H](Cc1ccccc1)N(Cc1c(Cl)cccc1Cl)C(=O)CN(c1cc(C)ccc1OC)S(=O)(=O)c1ccccc1. The average molecular weight is 683 g/mol. The zero-order valence-electron chi connectivity index (χ0n) is 26.0. The number of sulfonamides is 1. The minimum absolute atomic E-state index is 0.00594. The third-order valence-corrected chi connectivity index (χ3v) is 9.91. The molecule has 1 N–H and O–H groups in total. The highest BCUT2D eigenvalue weighted by atomic mass is 35.5. The Labute approximate surface area is 280 Å². The highest BCUT2D eigenvalue weighted by Gasteiger charge is 2.36. The molecule has 4 rings (SSSR count). The maximum atomic E-state index is 14.6. The molecular formula is C35H37Cl2N3O5S. The highest BCUT2D eigenvalue weighted by molar-refractivity contribution is 7.92. The van der Waals surface area contributed by atoms with Crippen molar-refractivity contribution < 1.29 is 22.7 Å². The topological polar surface area (TPSA) is 96.0 Å². The first-order valence-electron chi connectivity index (χ1n) is 14.8. The minimum atomic E-state index is -4.29. The van der Waals surface area contributed by atoms with Gasteiger partial charge in [-0.1, -0.05) is 90.8 Å². The normalized spacial score (nSPS) is 11.8. The van der Waals surface area contributed by atoms with E-state index in [9.17, 15) is 18.0 Å². The van der Waals surface area contributed by atoms with Crippen LogP contribution in [0.2, 0.25) is 10.0 Å². The molecule has 4 aromatic rings. The van der Waals surface area contributed by atoms with Crippen LogP contribution < -0.4 is 14.4 Å². The third-order valence-electron chi connectivity index (χ3n) is 7.42. The Morgan fingerprint density at radius 2 is 1.52 bits per heavy atom. The standard InChI is InChI=1S/C35H37Cl2N3O5S/c1-4-20-38-35(42)32(22-26-12-7-5-8-13-26)39(23-28-29(36)16-11-17-30(28)37)34(41)24-40(31-21-25(2)18-19-33(31)45-3)46(43,44)27-14-9-6-10-15-27/h5-19,21,32H,4,20,22-24H2,1-3H3,(H,38,42)/t32-/m0/s1. The Bertz CT molecular complexity index is 1730. The predicted octanol–water partition coefficient (Wildman–Crippen LogP) is 6.67. The molecule has 0 radical (unpaired) electrons. The fraction of sp³-hybridized carbons (Fsp3) is 0.257. The number of methoxy groups -OCH3 is 1. The number of aryl methyl sites for hydroxylation is 1. The van der Waals surface area contributed by atoms with Gasteiger partial charge in [0.15, 0.2) is 0 Å². The number of nitrogens with zero attached hydrogens (tertiary/aromatic N) is 2. The van der Waals surface area contributed by atoms with Crippen LogP contribution in [0.5, 0.6) is 5.75 Å². The molecule has 0 aliphatic carbocycles. The molecule has 242 valence electrons. The summed E-state index contributed by atoms with van der Waals surface area (Å²) >= 11 is 13.1. The van der Waals surface area contributed by atoms with Crippen LogP contribution in [-0.2, 0) is 32.6 Å². The van der Waals surface area contributed by atoms with Gasteiger partial charge in [-0.2, -0.15) is 0 Å². The molecule has 8 nitrogen and oxygen atoms in total. The number of carbonyl (C=O) groups is 2. The summed E-state index contributed by atoms with van der Waals surface area (Å²) in [6, 6.07) is 26.2. The predicted molar refractivity (Wildman–Crippen MR) is 183 cm³/mol. The van der Waals surface area contributed by atoms with Gasteiger partial charge in [0.25, 0.3) is 10.0 Å². The lowest BCUT2D eigenvalue weighted by molar-refractivity contribution is -0.140. The van der Waals surface area contributed by atoms with Gasteiger partial charge in [0.1, 0.15) is 18.3 Å². The molecule has 0 bridgehead atoms. The highest BCUT2D eigenvalue weighted by Crippen LogP contribution is 2.34. The van der Waals surface area contributed by atoms with Crippen molar-refractivity contribution in [2.24, 2.45) is 0 Å². The molecule has 0 fully saturated rings. The second kappa shape index (κ2) is 16.0. The van der Waals surface area contributed by atoms with Crippen molar-refractivity contribution in [2.75, 3.05) is 24.5 Å². The van der Waals surface area contributed by atoms with Crippen molar-refractivity contribution in [3.63, 3.8) is 0 Å². The number of benzene rings is 4. The molecule has 0 spiro atoms. The summed E-state index contributed by atoms with van der Waals surface area (Å²) in [5.74, 6) is -0.750. The van der Waals surface area contributed by atoms with Crippen LogP contribution in [-0.4, -0.2) is 51.4 Å². The lowest BCUT2D eigenvalue weighted by atomic mass is 10.0. The molecule has 46 heavy (non-hydrogen) atoms. The van der Waals surface area contributed by atoms with Gasteiger partial charge in [0.05, 0.1) is 17.7 Å². The van der Waals surface area contributed by atoms with E-state index in [1.807, 2.05) is 44.2 Å². The number of hydrogen-bond acceptors (Lipinski definition) is 5. The van der Waals surface area contributed by atoms with Gasteiger partial charge < -0.3 is 15.0 Å². The van der Waals surface area contributed by atoms with Crippen LogP contribution in [0.1, 0.15) is 30.0 Å². The van der Waals surface area contributed by atoms with Gasteiger partial charge in [-0.3, -0.25) is 13.9 Å². The molecule has 0 saturated carbocycles. The fourth-order valence-corrected chi connectivity index (χ4v) is 6.96. The second-order valence-electron chi connectivity index (χ2n) is 10.7. The van der Waals surface area contributed by atoms with Crippen LogP contribution in [0.4, 0.5) is 5.69 Å². The Morgan fingerprint density at radius 1 is 0.891 bits per heavy atom. The molecule has 1 atom stereocenters. The number of rotatable bonds is 14. The monoisotopic (exact) mass is 681 g/mol. The Morgan fingerprint density at radius 3 is 2.13 bits per heavy atom. The number of halogens is 2. The van der Waals surface area contributed by atoms with Gasteiger partial charge in [-0.25, -0.2) is 8.42 Å². The summed E-state index contributed by atoms with van der Waals surface area (Å²) < 4.78 is 35.1. The molecule has 4 aromatic carbocycles. The zero-order chi connectivity index (χ0) is 33.3. The van der Waals surface area contributed by atoms with E-state index in [0.29, 0.717) is 28.6 Å². The average Bonchev–Trinajstić information content (AvgIpc) is 3.06. The van der Waals surface area contributed by atoms with Crippen LogP contribution in [0.15, 0.2) is 102 Å². The van der Waals surface area contributed by atoms with Crippen LogP contribution >= 0.6 is 23.2 Å². The largest absolute Gasteiger partial charge is 0.495 e. The number of ether oxygens (including phenoxy) is 1. The van der Waals surface area contributed by atoms with Crippen LogP contribution in [0.3, 0.4) is 0 Å². The third kappa shape index (κ3) is 8.40. The lowest BCUT2D eigenvalue weighted by Crippen LogP contribution is -2.53. The number of hydrogen-bond donors (Lipinski definition) is 1. The van der Waals surface area contributed by atoms with E-state index in [0.717, 1.165) is 15.4 Å². The molecule has 11 heteroatoms. The first-order valence-corrected chi connectivity index (χ1v) is 17.0. The van der Waals surface area contributed by atoms with Crippen LogP contribution in [0, 0.1) is 6.92 Å². The molecule has 2 amide bonds. The second-order valence-corrected chi connectivity index (χ2v) is 13.4.